The average molecular weight is 370 g/mol. The molecule has 25 heavy (non-hydrogen) atoms. The maximum atomic E-state index is 12.8. The van der Waals surface area contributed by atoms with Crippen LogP contribution in [0.3, 0.4) is 0 Å². The average Bonchev–Trinajstić information content (AvgIpc) is 3.02. The van der Waals surface area contributed by atoms with Gasteiger partial charge in [0.2, 0.25) is 0 Å². The van der Waals surface area contributed by atoms with Gasteiger partial charge in [-0.3, -0.25) is 8.61 Å². The van der Waals surface area contributed by atoms with Gasteiger partial charge in [0, 0.05) is 24.1 Å². The van der Waals surface area contributed by atoms with E-state index >= 15 is 0 Å². The Morgan fingerprint density at radius 3 is 2.68 bits per heavy atom. The van der Waals surface area contributed by atoms with Crippen LogP contribution in [0.25, 0.3) is 17.0 Å². The number of imidazole rings is 1. The molecule has 1 atom stereocenters. The van der Waals surface area contributed by atoms with Gasteiger partial charge in [-0.1, -0.05) is 6.92 Å². The van der Waals surface area contributed by atoms with Crippen LogP contribution in [0.15, 0.2) is 35.7 Å². The Kier molecular flexibility index (Phi) is 4.46. The molecule has 0 radical (unpaired) electrons. The molecular weight excluding hydrogens is 357 g/mol. The Labute approximate surface area is 143 Å². The minimum absolute atomic E-state index is 0.0724. The van der Waals surface area contributed by atoms with E-state index < -0.39 is 22.7 Å². The Balaban J connectivity index is 2.14. The smallest absolute Gasteiger partial charge is 0.433 e. The van der Waals surface area contributed by atoms with Crippen molar-refractivity contribution < 1.29 is 22.1 Å². The van der Waals surface area contributed by atoms with E-state index in [1.54, 1.807) is 13.0 Å². The molecule has 3 aromatic heterocycles. The van der Waals surface area contributed by atoms with Gasteiger partial charge in [0.15, 0.2) is 0 Å². The molecule has 0 aliphatic carbocycles. The summed E-state index contributed by atoms with van der Waals surface area (Å²) in [6.07, 6.45) is -0.585. The van der Waals surface area contributed by atoms with E-state index in [9.17, 15) is 17.4 Å². The first-order chi connectivity index (χ1) is 11.8. The Bertz CT molecular complexity index is 956. The number of nitrogens with zero attached hydrogens (tertiary/aromatic N) is 4. The molecule has 0 saturated heterocycles. The zero-order chi connectivity index (χ0) is 18.2. The number of ether oxygens (including phenoxy) is 1. The van der Waals surface area contributed by atoms with Crippen LogP contribution < -0.4 is 4.74 Å². The lowest BCUT2D eigenvalue weighted by Gasteiger charge is -2.07. The zero-order valence-corrected chi connectivity index (χ0v) is 14.1. The molecule has 0 bridgehead atoms. The molecule has 0 fully saturated rings. The summed E-state index contributed by atoms with van der Waals surface area (Å²) in [7, 11) is 0.121. The molecule has 0 aromatic carbocycles. The number of pyridine rings is 1. The third-order valence-electron chi connectivity index (χ3n) is 3.45. The number of aromatic nitrogens is 4. The highest BCUT2D eigenvalue weighted by atomic mass is 32.2. The lowest BCUT2D eigenvalue weighted by Crippen LogP contribution is -2.08. The minimum atomic E-state index is -4.55. The fourth-order valence-corrected chi connectivity index (χ4v) is 3.15. The zero-order valence-electron chi connectivity index (χ0n) is 13.2. The van der Waals surface area contributed by atoms with Gasteiger partial charge in [-0.2, -0.15) is 13.2 Å². The SMILES string of the molecule is CCS(=O)c1cc(OC)cnc1-c1cn2cnc(C(F)(F)F)cc2n1. The second kappa shape index (κ2) is 6.43. The van der Waals surface area contributed by atoms with Gasteiger partial charge in [-0.25, -0.2) is 15.0 Å². The van der Waals surface area contributed by atoms with Crippen LogP contribution in [-0.2, 0) is 17.0 Å². The van der Waals surface area contributed by atoms with E-state index in [1.165, 1.54) is 23.9 Å². The van der Waals surface area contributed by atoms with Crippen molar-refractivity contribution in [3.8, 4) is 17.1 Å². The molecule has 3 aromatic rings. The maximum Gasteiger partial charge on any atom is 0.433 e. The monoisotopic (exact) mass is 370 g/mol. The van der Waals surface area contributed by atoms with Crippen LogP contribution in [0.1, 0.15) is 12.6 Å². The molecule has 0 amide bonds. The molecular formula is C15H13F3N4O2S. The molecule has 3 rings (SSSR count). The highest BCUT2D eigenvalue weighted by Gasteiger charge is 2.33. The summed E-state index contributed by atoms with van der Waals surface area (Å²) in [5.74, 6) is 0.792. The molecule has 3 heterocycles. The van der Waals surface area contributed by atoms with Gasteiger partial charge < -0.3 is 4.74 Å². The second-order valence-corrected chi connectivity index (χ2v) is 6.73. The fraction of sp³-hybridized carbons (Fsp3) is 0.267. The van der Waals surface area contributed by atoms with E-state index in [0.29, 0.717) is 27.8 Å². The van der Waals surface area contributed by atoms with Crippen molar-refractivity contribution in [3.05, 3.63) is 36.5 Å². The molecule has 0 aliphatic rings. The lowest BCUT2D eigenvalue weighted by atomic mass is 10.3. The van der Waals surface area contributed by atoms with Crippen molar-refractivity contribution in [2.24, 2.45) is 0 Å². The van der Waals surface area contributed by atoms with Crippen LogP contribution in [0.2, 0.25) is 0 Å². The Hall–Kier alpha value is -2.49. The molecule has 1 unspecified atom stereocenters. The van der Waals surface area contributed by atoms with Crippen molar-refractivity contribution in [1.82, 2.24) is 19.4 Å². The third-order valence-corrected chi connectivity index (χ3v) is 4.78. The second-order valence-electron chi connectivity index (χ2n) is 5.02. The number of methoxy groups -OCH3 is 1. The van der Waals surface area contributed by atoms with Gasteiger partial charge in [0.05, 0.1) is 29.0 Å². The summed E-state index contributed by atoms with van der Waals surface area (Å²) in [4.78, 5) is 12.2. The number of hydrogen-bond acceptors (Lipinski definition) is 5. The number of fused-ring (bicyclic) bond motifs is 1. The highest BCUT2D eigenvalue weighted by Crippen LogP contribution is 2.30. The number of halogens is 3. The first-order valence-corrected chi connectivity index (χ1v) is 8.50. The van der Waals surface area contributed by atoms with Crippen LogP contribution in [0.5, 0.6) is 5.75 Å². The van der Waals surface area contributed by atoms with E-state index in [-0.39, 0.29) is 5.65 Å². The van der Waals surface area contributed by atoms with Crippen molar-refractivity contribution >= 4 is 16.4 Å². The summed E-state index contributed by atoms with van der Waals surface area (Å²) in [5.41, 5.74) is -0.320. The van der Waals surface area contributed by atoms with Crippen LogP contribution >= 0.6 is 0 Å². The van der Waals surface area contributed by atoms with Gasteiger partial charge in [0.1, 0.15) is 34.8 Å². The van der Waals surface area contributed by atoms with Gasteiger partial charge in [-0.05, 0) is 0 Å². The Morgan fingerprint density at radius 1 is 1.28 bits per heavy atom. The molecule has 10 heteroatoms. The van der Waals surface area contributed by atoms with Gasteiger partial charge in [-0.15, -0.1) is 0 Å². The quantitative estimate of drug-likeness (QED) is 0.706. The van der Waals surface area contributed by atoms with Gasteiger partial charge in [0.25, 0.3) is 0 Å². The van der Waals surface area contributed by atoms with E-state index in [2.05, 4.69) is 15.0 Å². The van der Waals surface area contributed by atoms with E-state index in [0.717, 1.165) is 12.4 Å². The number of hydrogen-bond donors (Lipinski definition) is 0. The van der Waals surface area contributed by atoms with Crippen molar-refractivity contribution in [1.29, 1.82) is 0 Å². The number of rotatable bonds is 4. The third kappa shape index (κ3) is 3.34. The molecule has 0 aliphatic heterocycles. The summed E-state index contributed by atoms with van der Waals surface area (Å²) >= 11 is 0. The van der Waals surface area contributed by atoms with E-state index in [1.807, 2.05) is 0 Å². The van der Waals surface area contributed by atoms with Crippen LogP contribution in [-0.4, -0.2) is 36.4 Å². The minimum Gasteiger partial charge on any atom is -0.495 e. The highest BCUT2D eigenvalue weighted by molar-refractivity contribution is 7.85. The lowest BCUT2D eigenvalue weighted by molar-refractivity contribution is -0.141. The molecule has 132 valence electrons. The van der Waals surface area contributed by atoms with Crippen molar-refractivity contribution in [3.63, 3.8) is 0 Å². The summed E-state index contributed by atoms with van der Waals surface area (Å²) in [6, 6.07) is 2.44. The van der Waals surface area contributed by atoms with Crippen molar-refractivity contribution in [2.75, 3.05) is 12.9 Å². The first kappa shape index (κ1) is 17.3. The first-order valence-electron chi connectivity index (χ1n) is 7.18. The molecule has 0 N–H and O–H groups in total. The Morgan fingerprint density at radius 2 is 2.04 bits per heavy atom. The standard InChI is InChI=1S/C15H13F3N4O2S/c1-3-25(23)11-4-9(24-2)6-19-14(11)10-7-22-8-20-12(15(16,17)18)5-13(22)21-10/h4-8H,3H2,1-2H3. The predicted molar refractivity (Wildman–Crippen MR) is 84.7 cm³/mol. The predicted octanol–water partition coefficient (Wildman–Crippen LogP) is 2.95. The summed E-state index contributed by atoms with van der Waals surface area (Å²) in [6.45, 7) is 1.75. The normalized spacial score (nSPS) is 13.2. The van der Waals surface area contributed by atoms with Crippen LogP contribution in [0, 0.1) is 0 Å². The topological polar surface area (TPSA) is 69.4 Å². The van der Waals surface area contributed by atoms with Crippen LogP contribution in [0.4, 0.5) is 13.2 Å². The number of alkyl halides is 3. The van der Waals surface area contributed by atoms with Crippen molar-refractivity contribution in [2.45, 2.75) is 18.0 Å². The summed E-state index contributed by atoms with van der Waals surface area (Å²) in [5, 5.41) is 0. The van der Waals surface area contributed by atoms with Gasteiger partial charge >= 0.3 is 6.18 Å². The molecule has 0 saturated carbocycles. The molecule has 0 spiro atoms. The van der Waals surface area contributed by atoms with E-state index in [4.69, 9.17) is 4.74 Å². The largest absolute Gasteiger partial charge is 0.495 e. The maximum absolute atomic E-state index is 12.8. The fourth-order valence-electron chi connectivity index (χ4n) is 2.22. The summed E-state index contributed by atoms with van der Waals surface area (Å²) < 4.78 is 57.1. The molecule has 6 nitrogen and oxygen atoms in total.